The Kier molecular flexibility index (Phi) is 5.85. The van der Waals surface area contributed by atoms with Gasteiger partial charge in [-0.15, -0.1) is 11.3 Å². The highest BCUT2D eigenvalue weighted by molar-refractivity contribution is 7.07. The zero-order valence-corrected chi connectivity index (χ0v) is 15.4. The molecule has 8 heteroatoms. The molecule has 1 N–H and O–H groups in total. The van der Waals surface area contributed by atoms with Crippen molar-refractivity contribution in [3.8, 4) is 11.5 Å². The first-order valence-corrected chi connectivity index (χ1v) is 9.04. The maximum Gasteiger partial charge on any atom is 0.251 e. The van der Waals surface area contributed by atoms with Gasteiger partial charge >= 0.3 is 0 Å². The lowest BCUT2D eigenvalue weighted by atomic mass is 10.1. The van der Waals surface area contributed by atoms with E-state index >= 15 is 0 Å². The number of imidazole rings is 1. The average Bonchev–Trinajstić information content (AvgIpc) is 3.33. The quantitative estimate of drug-likeness (QED) is 0.658. The largest absolute Gasteiger partial charge is 0.493 e. The fourth-order valence-corrected chi connectivity index (χ4v) is 3.00. The van der Waals surface area contributed by atoms with Crippen LogP contribution in [0.15, 0.2) is 47.8 Å². The molecule has 0 aliphatic heterocycles. The first kappa shape index (κ1) is 17.9. The van der Waals surface area contributed by atoms with E-state index in [4.69, 9.17) is 9.47 Å². The lowest BCUT2D eigenvalue weighted by Crippen LogP contribution is -2.35. The Bertz CT molecular complexity index is 834. The monoisotopic (exact) mass is 372 g/mol. The Hall–Kier alpha value is -2.87. The number of rotatable bonds is 8. The predicted octanol–water partition coefficient (Wildman–Crippen LogP) is 2.75. The van der Waals surface area contributed by atoms with Crippen LogP contribution in [0.1, 0.15) is 23.0 Å². The summed E-state index contributed by atoms with van der Waals surface area (Å²) >= 11 is 1.52. The van der Waals surface area contributed by atoms with Crippen LogP contribution < -0.4 is 14.8 Å². The Morgan fingerprint density at radius 1 is 1.38 bits per heavy atom. The van der Waals surface area contributed by atoms with Crippen molar-refractivity contribution in [3.63, 3.8) is 0 Å². The number of ether oxygens (including phenoxy) is 2. The molecule has 1 aromatic carbocycles. The van der Waals surface area contributed by atoms with E-state index in [1.165, 1.54) is 11.3 Å². The number of nitrogens with zero attached hydrogens (tertiary/aromatic N) is 3. The SMILES string of the molecule is COc1cc(C(=O)N[C@H](C)Cn2ccnc2)ccc1OCc1cscn1. The van der Waals surface area contributed by atoms with Crippen molar-refractivity contribution in [1.29, 1.82) is 0 Å². The summed E-state index contributed by atoms with van der Waals surface area (Å²) in [6.07, 6.45) is 5.30. The van der Waals surface area contributed by atoms with Gasteiger partial charge < -0.3 is 19.4 Å². The average molecular weight is 372 g/mol. The summed E-state index contributed by atoms with van der Waals surface area (Å²) in [6, 6.07) is 5.09. The number of aromatic nitrogens is 3. The molecule has 26 heavy (non-hydrogen) atoms. The minimum atomic E-state index is -0.165. The Balaban J connectivity index is 1.62. The van der Waals surface area contributed by atoms with Gasteiger partial charge in [-0.25, -0.2) is 9.97 Å². The van der Waals surface area contributed by atoms with E-state index in [-0.39, 0.29) is 11.9 Å². The number of carbonyl (C=O) groups is 1. The van der Waals surface area contributed by atoms with Crippen LogP contribution in [0.2, 0.25) is 0 Å². The molecule has 0 aliphatic carbocycles. The molecule has 7 nitrogen and oxygen atoms in total. The molecular formula is C18H20N4O3S. The first-order chi connectivity index (χ1) is 12.7. The van der Waals surface area contributed by atoms with Crippen molar-refractivity contribution in [1.82, 2.24) is 19.9 Å². The molecule has 3 aromatic rings. The Morgan fingerprint density at radius 2 is 2.27 bits per heavy atom. The summed E-state index contributed by atoms with van der Waals surface area (Å²) in [6.45, 7) is 2.95. The highest BCUT2D eigenvalue weighted by atomic mass is 32.1. The zero-order chi connectivity index (χ0) is 18.4. The number of hydrogen-bond donors (Lipinski definition) is 1. The number of thiazole rings is 1. The molecule has 2 heterocycles. The second kappa shape index (κ2) is 8.48. The van der Waals surface area contributed by atoms with Gasteiger partial charge in [-0.05, 0) is 25.1 Å². The van der Waals surface area contributed by atoms with Crippen LogP contribution in [0.3, 0.4) is 0 Å². The fourth-order valence-electron chi connectivity index (χ4n) is 2.45. The number of methoxy groups -OCH3 is 1. The molecular weight excluding hydrogens is 352 g/mol. The van der Waals surface area contributed by atoms with E-state index in [1.54, 1.807) is 43.3 Å². The van der Waals surface area contributed by atoms with Gasteiger partial charge in [-0.3, -0.25) is 4.79 Å². The van der Waals surface area contributed by atoms with Crippen molar-refractivity contribution in [2.75, 3.05) is 7.11 Å². The smallest absolute Gasteiger partial charge is 0.251 e. The van der Waals surface area contributed by atoms with E-state index in [9.17, 15) is 4.79 Å². The third-order valence-electron chi connectivity index (χ3n) is 3.71. The molecule has 2 aromatic heterocycles. The van der Waals surface area contributed by atoms with E-state index in [2.05, 4.69) is 15.3 Å². The first-order valence-electron chi connectivity index (χ1n) is 8.10. The van der Waals surface area contributed by atoms with E-state index in [0.717, 1.165) is 5.69 Å². The van der Waals surface area contributed by atoms with Gasteiger partial charge in [0.05, 0.1) is 24.6 Å². The number of nitrogens with one attached hydrogen (secondary N) is 1. The normalized spacial score (nSPS) is 11.8. The van der Waals surface area contributed by atoms with Crippen molar-refractivity contribution in [2.45, 2.75) is 26.1 Å². The molecule has 3 rings (SSSR count). The van der Waals surface area contributed by atoms with Gasteiger partial charge in [0.1, 0.15) is 6.61 Å². The van der Waals surface area contributed by atoms with Crippen molar-refractivity contribution in [3.05, 3.63) is 59.1 Å². The maximum atomic E-state index is 12.5. The van der Waals surface area contributed by atoms with Crippen LogP contribution in [0.4, 0.5) is 0 Å². The molecule has 0 saturated carbocycles. The van der Waals surface area contributed by atoms with Gasteiger partial charge in [0.2, 0.25) is 0 Å². The third-order valence-corrected chi connectivity index (χ3v) is 4.34. The number of amides is 1. The van der Waals surface area contributed by atoms with E-state index in [1.807, 2.05) is 23.1 Å². The second-order valence-corrected chi connectivity index (χ2v) is 6.49. The molecule has 0 aliphatic rings. The predicted molar refractivity (Wildman–Crippen MR) is 98.6 cm³/mol. The minimum Gasteiger partial charge on any atom is -0.493 e. The highest BCUT2D eigenvalue weighted by Crippen LogP contribution is 2.28. The van der Waals surface area contributed by atoms with Gasteiger partial charge in [0.25, 0.3) is 5.91 Å². The summed E-state index contributed by atoms with van der Waals surface area (Å²) in [5.74, 6) is 0.917. The Morgan fingerprint density at radius 3 is 2.96 bits per heavy atom. The summed E-state index contributed by atoms with van der Waals surface area (Å²) < 4.78 is 13.0. The zero-order valence-electron chi connectivity index (χ0n) is 14.6. The standard InChI is InChI=1S/C18H20N4O3S/c1-13(8-22-6-5-19-11-22)21-18(23)14-3-4-16(17(7-14)24-2)25-9-15-10-26-12-20-15/h3-7,10-13H,8-9H2,1-2H3,(H,21,23)/t13-/m1/s1. The second-order valence-electron chi connectivity index (χ2n) is 5.77. The molecule has 0 spiro atoms. The molecule has 0 unspecified atom stereocenters. The van der Waals surface area contributed by atoms with Gasteiger partial charge in [0.15, 0.2) is 11.5 Å². The van der Waals surface area contributed by atoms with E-state index < -0.39 is 0 Å². The molecule has 0 fully saturated rings. The number of benzene rings is 1. The maximum absolute atomic E-state index is 12.5. The van der Waals surface area contributed by atoms with Gasteiger partial charge in [-0.1, -0.05) is 0 Å². The van der Waals surface area contributed by atoms with Crippen LogP contribution in [-0.2, 0) is 13.2 Å². The van der Waals surface area contributed by atoms with Crippen LogP contribution in [0.25, 0.3) is 0 Å². The minimum absolute atomic E-state index is 0.0386. The molecule has 0 radical (unpaired) electrons. The lowest BCUT2D eigenvalue weighted by molar-refractivity contribution is 0.0936. The summed E-state index contributed by atoms with van der Waals surface area (Å²) in [7, 11) is 1.55. The molecule has 0 saturated heterocycles. The topological polar surface area (TPSA) is 78.3 Å². The van der Waals surface area contributed by atoms with Gasteiger partial charge in [-0.2, -0.15) is 0 Å². The third kappa shape index (κ3) is 4.60. The summed E-state index contributed by atoms with van der Waals surface area (Å²) in [5, 5.41) is 4.89. The summed E-state index contributed by atoms with van der Waals surface area (Å²) in [4.78, 5) is 20.6. The number of hydrogen-bond acceptors (Lipinski definition) is 6. The van der Waals surface area contributed by atoms with Gasteiger partial charge in [0, 0.05) is 35.9 Å². The van der Waals surface area contributed by atoms with Crippen LogP contribution in [-0.4, -0.2) is 33.6 Å². The van der Waals surface area contributed by atoms with Crippen LogP contribution in [0.5, 0.6) is 11.5 Å². The van der Waals surface area contributed by atoms with Crippen molar-refractivity contribution in [2.24, 2.45) is 0 Å². The molecule has 1 amide bonds. The molecule has 0 bridgehead atoms. The number of carbonyl (C=O) groups excluding carboxylic acids is 1. The Labute approximate surface area is 155 Å². The lowest BCUT2D eigenvalue weighted by Gasteiger charge is -2.16. The summed E-state index contributed by atoms with van der Waals surface area (Å²) in [5.41, 5.74) is 3.13. The van der Waals surface area contributed by atoms with Crippen LogP contribution in [0, 0.1) is 0 Å². The fraction of sp³-hybridized carbons (Fsp3) is 0.278. The molecule has 1 atom stereocenters. The van der Waals surface area contributed by atoms with Crippen molar-refractivity contribution < 1.29 is 14.3 Å². The van der Waals surface area contributed by atoms with Crippen LogP contribution >= 0.6 is 11.3 Å². The molecule has 136 valence electrons. The van der Waals surface area contributed by atoms with Crippen molar-refractivity contribution >= 4 is 17.2 Å². The highest BCUT2D eigenvalue weighted by Gasteiger charge is 2.14. The van der Waals surface area contributed by atoms with E-state index in [0.29, 0.717) is 30.2 Å².